The first kappa shape index (κ1) is 12.5. The van der Waals surface area contributed by atoms with Crippen LogP contribution >= 0.6 is 0 Å². The normalized spacial score (nSPS) is 14.5. The molecule has 1 amide bonds. The summed E-state index contributed by atoms with van der Waals surface area (Å²) in [4.78, 5) is 10.6. The quantitative estimate of drug-likeness (QED) is 0.444. The SMILES string of the molecule is CC(=O)NCC(O)C(O)c1c(N)n[nH]c1C. The predicted octanol–water partition coefficient (Wildman–Crippen LogP) is -1.17. The first-order valence-electron chi connectivity index (χ1n) is 4.84. The van der Waals surface area contributed by atoms with Crippen LogP contribution in [0.5, 0.6) is 0 Å². The zero-order valence-corrected chi connectivity index (χ0v) is 9.19. The number of nitrogens with zero attached hydrogens (tertiary/aromatic N) is 1. The van der Waals surface area contributed by atoms with Crippen molar-refractivity contribution in [2.75, 3.05) is 12.3 Å². The van der Waals surface area contributed by atoms with Crippen molar-refractivity contribution in [2.24, 2.45) is 0 Å². The summed E-state index contributed by atoms with van der Waals surface area (Å²) in [5, 5.41) is 28.2. The number of aromatic nitrogens is 2. The zero-order chi connectivity index (χ0) is 12.3. The van der Waals surface area contributed by atoms with Gasteiger partial charge in [-0.2, -0.15) is 5.10 Å². The van der Waals surface area contributed by atoms with Gasteiger partial charge < -0.3 is 21.3 Å². The van der Waals surface area contributed by atoms with Gasteiger partial charge in [0.1, 0.15) is 12.2 Å². The molecule has 0 saturated carbocycles. The summed E-state index contributed by atoms with van der Waals surface area (Å²) in [5.41, 5.74) is 6.48. The van der Waals surface area contributed by atoms with Crippen LogP contribution in [0.25, 0.3) is 0 Å². The molecule has 0 aliphatic carbocycles. The van der Waals surface area contributed by atoms with E-state index in [1.807, 2.05) is 0 Å². The molecule has 2 atom stereocenters. The summed E-state index contributed by atoms with van der Waals surface area (Å²) < 4.78 is 0. The van der Waals surface area contributed by atoms with Crippen molar-refractivity contribution in [3.8, 4) is 0 Å². The highest BCUT2D eigenvalue weighted by molar-refractivity contribution is 5.72. The molecule has 1 rings (SSSR count). The molecule has 0 aromatic carbocycles. The van der Waals surface area contributed by atoms with Gasteiger partial charge >= 0.3 is 0 Å². The van der Waals surface area contributed by atoms with Crippen molar-refractivity contribution in [3.05, 3.63) is 11.3 Å². The van der Waals surface area contributed by atoms with Gasteiger partial charge in [0.15, 0.2) is 5.82 Å². The Morgan fingerprint density at radius 1 is 1.62 bits per heavy atom. The summed E-state index contributed by atoms with van der Waals surface area (Å²) >= 11 is 0. The number of amides is 1. The summed E-state index contributed by atoms with van der Waals surface area (Å²) in [6, 6.07) is 0. The van der Waals surface area contributed by atoms with Gasteiger partial charge in [-0.3, -0.25) is 9.89 Å². The maximum atomic E-state index is 10.6. The number of aryl methyl sites for hydroxylation is 1. The summed E-state index contributed by atoms with van der Waals surface area (Å²) in [5.74, 6) is -0.130. The number of carbonyl (C=O) groups is 1. The van der Waals surface area contributed by atoms with Crippen LogP contribution in [0.3, 0.4) is 0 Å². The average Bonchev–Trinajstić information content (AvgIpc) is 2.54. The Balaban J connectivity index is 2.70. The third-order valence-electron chi connectivity index (χ3n) is 2.24. The topological polar surface area (TPSA) is 124 Å². The maximum absolute atomic E-state index is 10.6. The standard InChI is InChI=1S/C9H16N4O3/c1-4-7(9(10)13-12-4)8(16)6(15)3-11-5(2)14/h6,8,15-16H,3H2,1-2H3,(H,11,14)(H3,10,12,13). The van der Waals surface area contributed by atoms with Crippen molar-refractivity contribution in [3.63, 3.8) is 0 Å². The molecule has 0 aliphatic rings. The minimum absolute atomic E-state index is 0.0411. The number of aliphatic hydroxyl groups excluding tert-OH is 2. The van der Waals surface area contributed by atoms with E-state index in [1.165, 1.54) is 6.92 Å². The zero-order valence-electron chi connectivity index (χ0n) is 9.19. The van der Waals surface area contributed by atoms with E-state index >= 15 is 0 Å². The van der Waals surface area contributed by atoms with Crippen LogP contribution in [0.2, 0.25) is 0 Å². The molecule has 0 bridgehead atoms. The fourth-order valence-corrected chi connectivity index (χ4v) is 1.38. The Labute approximate surface area is 92.7 Å². The summed E-state index contributed by atoms with van der Waals surface area (Å²) in [6.45, 7) is 2.98. The molecule has 1 aromatic rings. The summed E-state index contributed by atoms with van der Waals surface area (Å²) in [7, 11) is 0. The van der Waals surface area contributed by atoms with Gasteiger partial charge in [0.05, 0.1) is 0 Å². The first-order chi connectivity index (χ1) is 7.43. The Morgan fingerprint density at radius 3 is 2.69 bits per heavy atom. The van der Waals surface area contributed by atoms with Crippen LogP contribution in [0.4, 0.5) is 5.82 Å². The molecule has 1 aromatic heterocycles. The van der Waals surface area contributed by atoms with Crippen molar-refractivity contribution >= 4 is 11.7 Å². The van der Waals surface area contributed by atoms with Crippen LogP contribution in [0.15, 0.2) is 0 Å². The molecular weight excluding hydrogens is 212 g/mol. The monoisotopic (exact) mass is 228 g/mol. The lowest BCUT2D eigenvalue weighted by atomic mass is 10.0. The lowest BCUT2D eigenvalue weighted by molar-refractivity contribution is -0.119. The number of hydrogen-bond acceptors (Lipinski definition) is 5. The molecule has 0 aliphatic heterocycles. The number of carbonyl (C=O) groups excluding carboxylic acids is 1. The molecule has 0 radical (unpaired) electrons. The molecular formula is C9H16N4O3. The molecule has 2 unspecified atom stereocenters. The second-order valence-electron chi connectivity index (χ2n) is 3.60. The maximum Gasteiger partial charge on any atom is 0.216 e. The predicted molar refractivity (Wildman–Crippen MR) is 57.4 cm³/mol. The van der Waals surface area contributed by atoms with Crippen LogP contribution < -0.4 is 11.1 Å². The second-order valence-corrected chi connectivity index (χ2v) is 3.60. The van der Waals surface area contributed by atoms with Gasteiger partial charge in [-0.05, 0) is 6.92 Å². The Morgan fingerprint density at radius 2 is 2.25 bits per heavy atom. The highest BCUT2D eigenvalue weighted by atomic mass is 16.3. The van der Waals surface area contributed by atoms with Gasteiger partial charge in [0.2, 0.25) is 5.91 Å². The fraction of sp³-hybridized carbons (Fsp3) is 0.556. The van der Waals surface area contributed by atoms with Gasteiger partial charge in [0.25, 0.3) is 0 Å². The van der Waals surface area contributed by atoms with Crippen molar-refractivity contribution in [1.82, 2.24) is 15.5 Å². The number of nitrogen functional groups attached to an aromatic ring is 1. The average molecular weight is 228 g/mol. The van der Waals surface area contributed by atoms with E-state index in [0.717, 1.165) is 0 Å². The summed E-state index contributed by atoms with van der Waals surface area (Å²) in [6.07, 6.45) is -2.30. The van der Waals surface area contributed by atoms with E-state index in [2.05, 4.69) is 15.5 Å². The van der Waals surface area contributed by atoms with Crippen molar-refractivity contribution < 1.29 is 15.0 Å². The minimum Gasteiger partial charge on any atom is -0.388 e. The smallest absolute Gasteiger partial charge is 0.216 e. The minimum atomic E-state index is -1.18. The molecule has 0 saturated heterocycles. The van der Waals surface area contributed by atoms with E-state index in [9.17, 15) is 15.0 Å². The molecule has 16 heavy (non-hydrogen) atoms. The van der Waals surface area contributed by atoms with Crippen LogP contribution in [0, 0.1) is 6.92 Å². The Hall–Kier alpha value is -1.60. The molecule has 7 heteroatoms. The van der Waals surface area contributed by atoms with E-state index in [0.29, 0.717) is 11.3 Å². The Kier molecular flexibility index (Phi) is 3.86. The number of anilines is 1. The molecule has 90 valence electrons. The number of aromatic amines is 1. The van der Waals surface area contributed by atoms with E-state index in [4.69, 9.17) is 5.73 Å². The molecule has 1 heterocycles. The first-order valence-corrected chi connectivity index (χ1v) is 4.84. The number of rotatable bonds is 4. The number of nitrogens with two attached hydrogens (primary N) is 1. The van der Waals surface area contributed by atoms with Crippen LogP contribution in [0.1, 0.15) is 24.3 Å². The lowest BCUT2D eigenvalue weighted by Gasteiger charge is -2.18. The van der Waals surface area contributed by atoms with E-state index in [-0.39, 0.29) is 18.3 Å². The fourth-order valence-electron chi connectivity index (χ4n) is 1.38. The highest BCUT2D eigenvalue weighted by Gasteiger charge is 2.24. The third kappa shape index (κ3) is 2.71. The lowest BCUT2D eigenvalue weighted by Crippen LogP contribution is -2.34. The van der Waals surface area contributed by atoms with Crippen LogP contribution in [-0.2, 0) is 4.79 Å². The second kappa shape index (κ2) is 4.95. The van der Waals surface area contributed by atoms with Gasteiger partial charge in [0, 0.05) is 24.7 Å². The van der Waals surface area contributed by atoms with Crippen molar-refractivity contribution in [1.29, 1.82) is 0 Å². The number of nitrogens with one attached hydrogen (secondary N) is 2. The largest absolute Gasteiger partial charge is 0.388 e. The third-order valence-corrected chi connectivity index (χ3v) is 2.24. The highest BCUT2D eigenvalue weighted by Crippen LogP contribution is 2.24. The van der Waals surface area contributed by atoms with Gasteiger partial charge in [-0.25, -0.2) is 0 Å². The van der Waals surface area contributed by atoms with E-state index in [1.54, 1.807) is 6.92 Å². The molecule has 6 N–H and O–H groups in total. The number of hydrogen-bond donors (Lipinski definition) is 5. The van der Waals surface area contributed by atoms with Crippen LogP contribution in [-0.4, -0.2) is 39.0 Å². The Bertz CT molecular complexity index is 357. The number of aliphatic hydroxyl groups is 2. The molecule has 0 fully saturated rings. The van der Waals surface area contributed by atoms with Gasteiger partial charge in [-0.15, -0.1) is 0 Å². The van der Waals surface area contributed by atoms with E-state index < -0.39 is 12.2 Å². The van der Waals surface area contributed by atoms with Crippen molar-refractivity contribution in [2.45, 2.75) is 26.1 Å². The molecule has 0 spiro atoms. The number of H-pyrrole nitrogens is 1. The van der Waals surface area contributed by atoms with Gasteiger partial charge in [-0.1, -0.05) is 0 Å². The molecule has 7 nitrogen and oxygen atoms in total.